The minimum absolute atomic E-state index is 0.386. The summed E-state index contributed by atoms with van der Waals surface area (Å²) in [4.78, 5) is 25.7. The van der Waals surface area contributed by atoms with Gasteiger partial charge in [-0.1, -0.05) is 35.9 Å². The molecule has 3 aromatic heterocycles. The number of carbonyl (C=O) groups excluding carboxylic acids is 1. The van der Waals surface area contributed by atoms with Crippen LogP contribution < -0.4 is 16.0 Å². The van der Waals surface area contributed by atoms with Crippen molar-refractivity contribution < 1.29 is 4.79 Å². The molecule has 3 N–H and O–H groups in total. The molecule has 0 bridgehead atoms. The number of hydrogen-bond donors (Lipinski definition) is 3. The van der Waals surface area contributed by atoms with Gasteiger partial charge in [0.05, 0.1) is 16.4 Å². The molecule has 0 aliphatic carbocycles. The Morgan fingerprint density at radius 2 is 1.82 bits per heavy atom. The maximum atomic E-state index is 12.5. The number of imidazole rings is 1. The van der Waals surface area contributed by atoms with Crippen molar-refractivity contribution in [3.63, 3.8) is 0 Å². The predicted octanol–water partition coefficient (Wildman–Crippen LogP) is 5.70. The molecule has 0 atom stereocenters. The summed E-state index contributed by atoms with van der Waals surface area (Å²) in [6, 6.07) is 18.1. The largest absolute Gasteiger partial charge is 0.363 e. The summed E-state index contributed by atoms with van der Waals surface area (Å²) >= 11 is 6.13. The Labute approximate surface area is 200 Å². The van der Waals surface area contributed by atoms with Gasteiger partial charge in [-0.25, -0.2) is 14.8 Å². The van der Waals surface area contributed by atoms with E-state index in [9.17, 15) is 4.79 Å². The van der Waals surface area contributed by atoms with Crippen molar-refractivity contribution in [3.05, 3.63) is 102 Å². The zero-order valence-corrected chi connectivity index (χ0v) is 18.7. The number of urea groups is 1. The van der Waals surface area contributed by atoms with Gasteiger partial charge in [-0.2, -0.15) is 0 Å². The highest BCUT2D eigenvalue weighted by molar-refractivity contribution is 6.33. The second-order valence-electron chi connectivity index (χ2n) is 7.48. The minimum atomic E-state index is -0.386. The number of rotatable bonds is 6. The number of hydrogen-bond acceptors (Lipinski definition) is 5. The molecule has 9 heteroatoms. The molecule has 0 fully saturated rings. The molecule has 2 aromatic carbocycles. The number of nitrogens with one attached hydrogen (secondary N) is 3. The van der Waals surface area contributed by atoms with E-state index in [-0.39, 0.29) is 6.03 Å². The van der Waals surface area contributed by atoms with Gasteiger partial charge in [0.2, 0.25) is 0 Å². The van der Waals surface area contributed by atoms with E-state index < -0.39 is 0 Å². The maximum Gasteiger partial charge on any atom is 0.323 e. The van der Waals surface area contributed by atoms with Crippen LogP contribution in [0.1, 0.15) is 5.56 Å². The van der Waals surface area contributed by atoms with E-state index in [0.29, 0.717) is 28.8 Å². The van der Waals surface area contributed by atoms with E-state index in [1.807, 2.05) is 53.2 Å². The van der Waals surface area contributed by atoms with Gasteiger partial charge in [0.25, 0.3) is 0 Å². The summed E-state index contributed by atoms with van der Waals surface area (Å²) in [7, 11) is 0. The minimum Gasteiger partial charge on any atom is -0.363 e. The van der Waals surface area contributed by atoms with Gasteiger partial charge in [-0.05, 0) is 42.0 Å². The Balaban J connectivity index is 1.38. The Morgan fingerprint density at radius 3 is 2.68 bits per heavy atom. The van der Waals surface area contributed by atoms with Crippen molar-refractivity contribution in [2.24, 2.45) is 0 Å². The highest BCUT2D eigenvalue weighted by Gasteiger charge is 2.11. The summed E-state index contributed by atoms with van der Waals surface area (Å²) < 4.78 is 1.92. The number of anilines is 3. The smallest absolute Gasteiger partial charge is 0.323 e. The third-order valence-electron chi connectivity index (χ3n) is 5.12. The van der Waals surface area contributed by atoms with Gasteiger partial charge in [-0.15, -0.1) is 0 Å². The zero-order chi connectivity index (χ0) is 23.3. The van der Waals surface area contributed by atoms with Crippen LogP contribution in [0.25, 0.3) is 16.9 Å². The van der Waals surface area contributed by atoms with Gasteiger partial charge in [-0.3, -0.25) is 4.98 Å². The molecule has 0 saturated heterocycles. The molecule has 0 saturated carbocycles. The monoisotopic (exact) mass is 469 g/mol. The fourth-order valence-electron chi connectivity index (χ4n) is 3.48. The Kier molecular flexibility index (Phi) is 6.05. The van der Waals surface area contributed by atoms with Crippen LogP contribution in [0, 0.1) is 0 Å². The van der Waals surface area contributed by atoms with Crippen molar-refractivity contribution in [3.8, 4) is 11.3 Å². The lowest BCUT2D eigenvalue weighted by atomic mass is 10.1. The molecule has 0 aliphatic heterocycles. The van der Waals surface area contributed by atoms with Crippen LogP contribution in [-0.2, 0) is 6.54 Å². The van der Waals surface area contributed by atoms with Crippen LogP contribution in [0.15, 0.2) is 91.6 Å². The molecule has 34 heavy (non-hydrogen) atoms. The van der Waals surface area contributed by atoms with E-state index in [0.717, 1.165) is 22.5 Å². The molecule has 5 aromatic rings. The van der Waals surface area contributed by atoms with Crippen molar-refractivity contribution in [1.29, 1.82) is 0 Å². The Hall–Kier alpha value is -4.43. The molecule has 168 valence electrons. The van der Waals surface area contributed by atoms with E-state index in [1.165, 1.54) is 0 Å². The lowest BCUT2D eigenvalue weighted by Crippen LogP contribution is -2.19. The van der Waals surface area contributed by atoms with Crippen molar-refractivity contribution >= 4 is 40.5 Å². The second-order valence-corrected chi connectivity index (χ2v) is 7.89. The summed E-state index contributed by atoms with van der Waals surface area (Å²) in [5.41, 5.74) is 4.56. The van der Waals surface area contributed by atoms with Crippen LogP contribution in [0.3, 0.4) is 0 Å². The molecule has 3 heterocycles. The molecule has 0 radical (unpaired) electrons. The van der Waals surface area contributed by atoms with E-state index in [2.05, 4.69) is 25.9 Å². The molecule has 0 aliphatic rings. The van der Waals surface area contributed by atoms with Gasteiger partial charge in [0.1, 0.15) is 0 Å². The number of halogens is 1. The Bertz CT molecular complexity index is 1450. The number of pyridine rings is 1. The number of benzene rings is 2. The zero-order valence-electron chi connectivity index (χ0n) is 17.9. The number of amides is 2. The maximum absolute atomic E-state index is 12.5. The normalized spacial score (nSPS) is 10.7. The van der Waals surface area contributed by atoms with Crippen molar-refractivity contribution in [2.45, 2.75) is 6.54 Å². The third kappa shape index (κ3) is 4.82. The first-order valence-corrected chi connectivity index (χ1v) is 10.9. The van der Waals surface area contributed by atoms with E-state index in [4.69, 9.17) is 16.6 Å². The molecule has 0 unspecified atom stereocenters. The lowest BCUT2D eigenvalue weighted by Gasteiger charge is -2.12. The van der Waals surface area contributed by atoms with Gasteiger partial charge >= 0.3 is 6.03 Å². The van der Waals surface area contributed by atoms with Crippen LogP contribution in [0.4, 0.5) is 22.0 Å². The summed E-state index contributed by atoms with van der Waals surface area (Å²) in [6.45, 7) is 0.589. The average molecular weight is 470 g/mol. The van der Waals surface area contributed by atoms with E-state index >= 15 is 0 Å². The number of carbonyl (C=O) groups is 1. The molecule has 5 rings (SSSR count). The second kappa shape index (κ2) is 9.60. The van der Waals surface area contributed by atoms with Crippen LogP contribution in [0.5, 0.6) is 0 Å². The summed E-state index contributed by atoms with van der Waals surface area (Å²) in [5.74, 6) is 0.661. The molecule has 0 spiro atoms. The molecule has 2 amide bonds. The first kappa shape index (κ1) is 21.4. The highest BCUT2D eigenvalue weighted by atomic mass is 35.5. The first-order valence-electron chi connectivity index (χ1n) is 10.6. The Morgan fingerprint density at radius 1 is 0.971 bits per heavy atom. The third-order valence-corrected chi connectivity index (χ3v) is 5.45. The fourth-order valence-corrected chi connectivity index (χ4v) is 3.66. The highest BCUT2D eigenvalue weighted by Crippen LogP contribution is 2.25. The van der Waals surface area contributed by atoms with Gasteiger partial charge in [0.15, 0.2) is 11.5 Å². The quantitative estimate of drug-likeness (QED) is 0.296. The van der Waals surface area contributed by atoms with Gasteiger partial charge in [0, 0.05) is 48.8 Å². The molecular formula is C25H20ClN7O. The van der Waals surface area contributed by atoms with Crippen molar-refractivity contribution in [1.82, 2.24) is 19.4 Å². The SMILES string of the molecule is O=C(Nc1cccc(-c2cn3ccnc3c(NCc3ccncc3)n2)c1)Nc1ccccc1Cl. The van der Waals surface area contributed by atoms with Crippen LogP contribution in [0.2, 0.25) is 5.02 Å². The number of nitrogens with zero attached hydrogens (tertiary/aromatic N) is 4. The van der Waals surface area contributed by atoms with Crippen LogP contribution >= 0.6 is 11.6 Å². The topological polar surface area (TPSA) is 96.2 Å². The number of fused-ring (bicyclic) bond motifs is 1. The summed E-state index contributed by atoms with van der Waals surface area (Å²) in [5, 5.41) is 9.43. The first-order chi connectivity index (χ1) is 16.7. The van der Waals surface area contributed by atoms with E-state index in [1.54, 1.807) is 42.9 Å². The lowest BCUT2D eigenvalue weighted by molar-refractivity contribution is 0.262. The standard InChI is InChI=1S/C25H20ClN7O/c26-20-6-1-2-7-21(20)32-25(34)30-19-5-3-4-18(14-19)22-16-33-13-12-28-24(33)23(31-22)29-15-17-8-10-27-11-9-17/h1-14,16H,15H2,(H,29,31)(H2,30,32,34). The van der Waals surface area contributed by atoms with Crippen LogP contribution in [-0.4, -0.2) is 25.4 Å². The number of aromatic nitrogens is 4. The predicted molar refractivity (Wildman–Crippen MR) is 134 cm³/mol. The average Bonchev–Trinajstić information content (AvgIpc) is 3.34. The van der Waals surface area contributed by atoms with Crippen molar-refractivity contribution in [2.75, 3.05) is 16.0 Å². The number of para-hydroxylation sites is 1. The van der Waals surface area contributed by atoms with Gasteiger partial charge < -0.3 is 20.4 Å². The molecular weight excluding hydrogens is 450 g/mol. The summed E-state index contributed by atoms with van der Waals surface area (Å²) in [6.07, 6.45) is 9.02. The molecule has 8 nitrogen and oxygen atoms in total. The fraction of sp³-hybridized carbons (Fsp3) is 0.0400.